The first-order valence-corrected chi connectivity index (χ1v) is 9.07. The molecule has 0 bridgehead atoms. The molecule has 2 heterocycles. The monoisotopic (exact) mass is 460 g/mol. The lowest BCUT2D eigenvalue weighted by Gasteiger charge is -2.26. The van der Waals surface area contributed by atoms with Gasteiger partial charge in [-0.2, -0.15) is 0 Å². The van der Waals surface area contributed by atoms with Crippen molar-refractivity contribution in [3.8, 4) is 5.75 Å². The highest BCUT2D eigenvalue weighted by molar-refractivity contribution is 9.10. The Morgan fingerprint density at radius 2 is 2.04 bits per heavy atom. The van der Waals surface area contributed by atoms with Gasteiger partial charge in [0, 0.05) is 30.0 Å². The largest absolute Gasteiger partial charge is 0.573 e. The number of alkyl halides is 3. The SMILES string of the molecule is O=C(c1cnc(NCc2cc(Br)cc(OC(F)(F)F)c2)nc1)N1CCCOC1. The highest BCUT2D eigenvalue weighted by atomic mass is 79.9. The Balaban J connectivity index is 1.61. The molecule has 1 N–H and O–H groups in total. The number of carbonyl (C=O) groups excluding carboxylic acids is 1. The van der Waals surface area contributed by atoms with E-state index >= 15 is 0 Å². The van der Waals surface area contributed by atoms with Crippen LogP contribution in [0.15, 0.2) is 35.1 Å². The summed E-state index contributed by atoms with van der Waals surface area (Å²) in [6, 6.07) is 4.13. The topological polar surface area (TPSA) is 76.6 Å². The molecule has 0 atom stereocenters. The van der Waals surface area contributed by atoms with Crippen molar-refractivity contribution in [3.05, 3.63) is 46.2 Å². The van der Waals surface area contributed by atoms with Gasteiger partial charge in [-0.3, -0.25) is 4.79 Å². The third-order valence-electron chi connectivity index (χ3n) is 3.77. The second kappa shape index (κ2) is 8.74. The first-order valence-electron chi connectivity index (χ1n) is 8.28. The average Bonchev–Trinajstić information content (AvgIpc) is 2.65. The van der Waals surface area contributed by atoms with Crippen LogP contribution >= 0.6 is 15.9 Å². The summed E-state index contributed by atoms with van der Waals surface area (Å²) < 4.78 is 46.8. The van der Waals surface area contributed by atoms with Crippen molar-refractivity contribution in [2.75, 3.05) is 25.2 Å². The van der Waals surface area contributed by atoms with Gasteiger partial charge in [-0.1, -0.05) is 15.9 Å². The van der Waals surface area contributed by atoms with Crippen molar-refractivity contribution in [2.24, 2.45) is 0 Å². The molecule has 11 heteroatoms. The van der Waals surface area contributed by atoms with Gasteiger partial charge in [0.2, 0.25) is 5.95 Å². The smallest absolute Gasteiger partial charge is 0.406 e. The molecule has 1 fully saturated rings. The normalized spacial score (nSPS) is 14.6. The highest BCUT2D eigenvalue weighted by Gasteiger charge is 2.31. The number of aromatic nitrogens is 2. The number of nitrogens with zero attached hydrogens (tertiary/aromatic N) is 3. The lowest BCUT2D eigenvalue weighted by molar-refractivity contribution is -0.274. The van der Waals surface area contributed by atoms with Crippen LogP contribution in [0.5, 0.6) is 5.75 Å². The molecule has 1 aliphatic rings. The Morgan fingerprint density at radius 1 is 1.29 bits per heavy atom. The second-order valence-corrected chi connectivity index (χ2v) is 6.87. The Kier molecular flexibility index (Phi) is 6.35. The van der Waals surface area contributed by atoms with Gasteiger partial charge in [0.05, 0.1) is 12.2 Å². The molecule has 150 valence electrons. The number of rotatable bonds is 5. The van der Waals surface area contributed by atoms with E-state index in [1.165, 1.54) is 24.5 Å². The molecule has 0 saturated carbocycles. The summed E-state index contributed by atoms with van der Waals surface area (Å²) in [4.78, 5) is 22.0. The third kappa shape index (κ3) is 5.80. The van der Waals surface area contributed by atoms with E-state index in [9.17, 15) is 18.0 Å². The van der Waals surface area contributed by atoms with Gasteiger partial charge < -0.3 is 19.7 Å². The summed E-state index contributed by atoms with van der Waals surface area (Å²) >= 11 is 3.15. The van der Waals surface area contributed by atoms with Crippen LogP contribution in [0.4, 0.5) is 19.1 Å². The predicted molar refractivity (Wildman–Crippen MR) is 96.7 cm³/mol. The van der Waals surface area contributed by atoms with Crippen LogP contribution in [0.3, 0.4) is 0 Å². The highest BCUT2D eigenvalue weighted by Crippen LogP contribution is 2.27. The zero-order valence-corrected chi connectivity index (χ0v) is 16.1. The molecule has 0 radical (unpaired) electrons. The van der Waals surface area contributed by atoms with Gasteiger partial charge in [0.25, 0.3) is 5.91 Å². The Morgan fingerprint density at radius 3 is 2.68 bits per heavy atom. The van der Waals surface area contributed by atoms with Crippen LogP contribution in [0.1, 0.15) is 22.3 Å². The fraction of sp³-hybridized carbons (Fsp3) is 0.353. The number of anilines is 1. The molecule has 1 saturated heterocycles. The van der Waals surface area contributed by atoms with Gasteiger partial charge in [-0.25, -0.2) is 9.97 Å². The van der Waals surface area contributed by atoms with E-state index in [2.05, 4.69) is 36.0 Å². The fourth-order valence-electron chi connectivity index (χ4n) is 2.57. The molecule has 0 unspecified atom stereocenters. The Bertz CT molecular complexity index is 827. The molecular formula is C17H16BrF3N4O3. The molecule has 1 amide bonds. The van der Waals surface area contributed by atoms with Crippen molar-refractivity contribution in [2.45, 2.75) is 19.3 Å². The van der Waals surface area contributed by atoms with Gasteiger partial charge in [0.1, 0.15) is 12.5 Å². The number of nitrogens with one attached hydrogen (secondary N) is 1. The van der Waals surface area contributed by atoms with E-state index in [1.807, 2.05) is 0 Å². The molecule has 0 aliphatic carbocycles. The van der Waals surface area contributed by atoms with E-state index in [-0.39, 0.29) is 30.9 Å². The number of ether oxygens (including phenoxy) is 2. The van der Waals surface area contributed by atoms with Crippen molar-refractivity contribution in [1.29, 1.82) is 0 Å². The van der Waals surface area contributed by atoms with Crippen molar-refractivity contribution < 1.29 is 27.4 Å². The number of hydrogen-bond acceptors (Lipinski definition) is 6. The Labute approximate surface area is 167 Å². The summed E-state index contributed by atoms with van der Waals surface area (Å²) in [5, 5.41) is 2.89. The first kappa shape index (κ1) is 20.3. The van der Waals surface area contributed by atoms with Crippen molar-refractivity contribution in [3.63, 3.8) is 0 Å². The summed E-state index contributed by atoms with van der Waals surface area (Å²) in [5.74, 6) is -0.304. The van der Waals surface area contributed by atoms with Crippen LogP contribution in [0.2, 0.25) is 0 Å². The quantitative estimate of drug-likeness (QED) is 0.734. The van der Waals surface area contributed by atoms with Crippen molar-refractivity contribution in [1.82, 2.24) is 14.9 Å². The number of hydrogen-bond donors (Lipinski definition) is 1. The Hall–Kier alpha value is -2.40. The summed E-state index contributed by atoms with van der Waals surface area (Å²) in [6.45, 7) is 1.66. The molecule has 0 spiro atoms. The first-order chi connectivity index (χ1) is 13.3. The maximum absolute atomic E-state index is 12.4. The molecule has 1 aliphatic heterocycles. The van der Waals surface area contributed by atoms with E-state index in [0.717, 1.165) is 6.42 Å². The predicted octanol–water partition coefficient (Wildman–Crippen LogP) is 3.57. The van der Waals surface area contributed by atoms with Gasteiger partial charge >= 0.3 is 6.36 Å². The average molecular weight is 461 g/mol. The van der Waals surface area contributed by atoms with Crippen LogP contribution in [0, 0.1) is 0 Å². The lowest BCUT2D eigenvalue weighted by atomic mass is 10.2. The second-order valence-electron chi connectivity index (χ2n) is 5.95. The molecule has 7 nitrogen and oxygen atoms in total. The maximum atomic E-state index is 12.4. The van der Waals surface area contributed by atoms with Crippen molar-refractivity contribution >= 4 is 27.8 Å². The fourth-order valence-corrected chi connectivity index (χ4v) is 3.09. The van der Waals surface area contributed by atoms with E-state index in [4.69, 9.17) is 4.74 Å². The number of halogens is 4. The summed E-state index contributed by atoms with van der Waals surface area (Å²) in [5.41, 5.74) is 0.863. The minimum atomic E-state index is -4.77. The zero-order valence-electron chi connectivity index (χ0n) is 14.5. The van der Waals surface area contributed by atoms with E-state index in [0.29, 0.717) is 28.8 Å². The molecule has 3 rings (SSSR count). The van der Waals surface area contributed by atoms with Crippen LogP contribution in [0.25, 0.3) is 0 Å². The lowest BCUT2D eigenvalue weighted by Crippen LogP contribution is -2.38. The minimum Gasteiger partial charge on any atom is -0.406 e. The molecule has 2 aromatic rings. The molecular weight excluding hydrogens is 445 g/mol. The zero-order chi connectivity index (χ0) is 20.1. The number of amides is 1. The standard InChI is InChI=1S/C17H16BrF3N4O3/c18-13-4-11(5-14(6-13)28-17(19,20)21)7-22-16-23-8-12(9-24-16)15(26)25-2-1-3-27-10-25/h4-6,8-9H,1-3,7,10H2,(H,22,23,24). The third-order valence-corrected chi connectivity index (χ3v) is 4.22. The number of benzene rings is 1. The van der Waals surface area contributed by atoms with E-state index < -0.39 is 6.36 Å². The van der Waals surface area contributed by atoms with E-state index in [1.54, 1.807) is 11.0 Å². The molecule has 1 aromatic carbocycles. The number of carbonyl (C=O) groups is 1. The maximum Gasteiger partial charge on any atom is 0.573 e. The van der Waals surface area contributed by atoms with Crippen LogP contribution < -0.4 is 10.1 Å². The van der Waals surface area contributed by atoms with Crippen LogP contribution in [-0.4, -0.2) is 47.0 Å². The van der Waals surface area contributed by atoms with Gasteiger partial charge in [-0.05, 0) is 30.2 Å². The summed E-state index contributed by atoms with van der Waals surface area (Å²) in [7, 11) is 0. The molecule has 1 aromatic heterocycles. The van der Waals surface area contributed by atoms with Gasteiger partial charge in [0.15, 0.2) is 0 Å². The van der Waals surface area contributed by atoms with Crippen LogP contribution in [-0.2, 0) is 11.3 Å². The molecule has 28 heavy (non-hydrogen) atoms. The summed E-state index contributed by atoms with van der Waals surface area (Å²) in [6.07, 6.45) is -1.20. The minimum absolute atomic E-state index is 0.168. The van der Waals surface area contributed by atoms with Gasteiger partial charge in [-0.15, -0.1) is 13.2 Å².